The lowest BCUT2D eigenvalue weighted by atomic mass is 10.1. The summed E-state index contributed by atoms with van der Waals surface area (Å²) in [5.41, 5.74) is 0. The second-order valence-corrected chi connectivity index (χ2v) is 6.05. The standard InChI is InChI=1S/C14H28N2O/c1-11(2)9-15-10-12(3)16-7-8-17-14-6-4-5-13(14)16/h11-15H,4-10H2,1-3H3. The Bertz CT molecular complexity index is 232. The molecule has 3 unspecified atom stereocenters. The molecular formula is C14H28N2O. The SMILES string of the molecule is CC(C)CNCC(C)N1CCOC2CCCC21. The predicted molar refractivity (Wildman–Crippen MR) is 71.3 cm³/mol. The van der Waals surface area contributed by atoms with Crippen LogP contribution in [0.1, 0.15) is 40.0 Å². The second-order valence-electron chi connectivity index (χ2n) is 6.05. The highest BCUT2D eigenvalue weighted by atomic mass is 16.5. The molecule has 0 aromatic carbocycles. The molecule has 2 rings (SSSR count). The Balaban J connectivity index is 1.79. The van der Waals surface area contributed by atoms with Crippen LogP contribution in [-0.2, 0) is 4.74 Å². The highest BCUT2D eigenvalue weighted by Gasteiger charge is 2.37. The molecule has 1 saturated carbocycles. The Morgan fingerprint density at radius 1 is 1.24 bits per heavy atom. The molecule has 17 heavy (non-hydrogen) atoms. The van der Waals surface area contributed by atoms with E-state index in [2.05, 4.69) is 31.0 Å². The Hall–Kier alpha value is -0.120. The van der Waals surface area contributed by atoms with Gasteiger partial charge in [0.2, 0.25) is 0 Å². The molecule has 0 aromatic heterocycles. The highest BCUT2D eigenvalue weighted by Crippen LogP contribution is 2.30. The summed E-state index contributed by atoms with van der Waals surface area (Å²) in [5.74, 6) is 0.742. The molecule has 0 aromatic rings. The number of morpholine rings is 1. The molecule has 100 valence electrons. The number of hydrogen-bond donors (Lipinski definition) is 1. The van der Waals surface area contributed by atoms with E-state index in [0.717, 1.165) is 32.2 Å². The van der Waals surface area contributed by atoms with Crippen molar-refractivity contribution in [2.45, 2.75) is 58.2 Å². The zero-order chi connectivity index (χ0) is 12.3. The van der Waals surface area contributed by atoms with Gasteiger partial charge in [0.05, 0.1) is 12.7 Å². The zero-order valence-electron chi connectivity index (χ0n) is 11.6. The first-order valence-electron chi connectivity index (χ1n) is 7.26. The lowest BCUT2D eigenvalue weighted by Crippen LogP contribution is -2.54. The third-order valence-electron chi connectivity index (χ3n) is 4.08. The first-order valence-corrected chi connectivity index (χ1v) is 7.26. The van der Waals surface area contributed by atoms with E-state index in [1.165, 1.54) is 19.3 Å². The number of rotatable bonds is 5. The van der Waals surface area contributed by atoms with E-state index < -0.39 is 0 Å². The van der Waals surface area contributed by atoms with E-state index >= 15 is 0 Å². The summed E-state index contributed by atoms with van der Waals surface area (Å²) in [6.45, 7) is 11.2. The van der Waals surface area contributed by atoms with Gasteiger partial charge in [-0.3, -0.25) is 4.90 Å². The normalized spacial score (nSPS) is 31.8. The van der Waals surface area contributed by atoms with Gasteiger partial charge < -0.3 is 10.1 Å². The number of nitrogens with one attached hydrogen (secondary N) is 1. The van der Waals surface area contributed by atoms with Crippen molar-refractivity contribution >= 4 is 0 Å². The van der Waals surface area contributed by atoms with E-state index in [0.29, 0.717) is 18.2 Å². The van der Waals surface area contributed by atoms with Gasteiger partial charge in [0, 0.05) is 25.2 Å². The van der Waals surface area contributed by atoms with Crippen molar-refractivity contribution in [3.8, 4) is 0 Å². The van der Waals surface area contributed by atoms with Crippen molar-refractivity contribution in [2.24, 2.45) is 5.92 Å². The lowest BCUT2D eigenvalue weighted by Gasteiger charge is -2.41. The summed E-state index contributed by atoms with van der Waals surface area (Å²) in [5, 5.41) is 3.58. The van der Waals surface area contributed by atoms with Crippen LogP contribution in [-0.4, -0.2) is 49.3 Å². The van der Waals surface area contributed by atoms with Gasteiger partial charge in [-0.1, -0.05) is 13.8 Å². The van der Waals surface area contributed by atoms with Crippen LogP contribution in [0, 0.1) is 5.92 Å². The smallest absolute Gasteiger partial charge is 0.0731 e. The van der Waals surface area contributed by atoms with E-state index in [9.17, 15) is 0 Å². The molecule has 1 N–H and O–H groups in total. The molecule has 1 aliphatic heterocycles. The van der Waals surface area contributed by atoms with Crippen molar-refractivity contribution in [1.29, 1.82) is 0 Å². The Labute approximate surface area is 106 Å². The third kappa shape index (κ3) is 3.43. The van der Waals surface area contributed by atoms with E-state index in [-0.39, 0.29) is 0 Å². The first-order chi connectivity index (χ1) is 8.18. The van der Waals surface area contributed by atoms with E-state index in [1.807, 2.05) is 0 Å². The van der Waals surface area contributed by atoms with Gasteiger partial charge in [0.15, 0.2) is 0 Å². The Morgan fingerprint density at radius 2 is 2.06 bits per heavy atom. The highest BCUT2D eigenvalue weighted by molar-refractivity contribution is 4.91. The van der Waals surface area contributed by atoms with Crippen LogP contribution in [0.5, 0.6) is 0 Å². The maximum absolute atomic E-state index is 5.86. The van der Waals surface area contributed by atoms with Gasteiger partial charge >= 0.3 is 0 Å². The number of nitrogens with zero attached hydrogens (tertiary/aromatic N) is 1. The topological polar surface area (TPSA) is 24.5 Å². The van der Waals surface area contributed by atoms with Gasteiger partial charge in [-0.25, -0.2) is 0 Å². The minimum Gasteiger partial charge on any atom is -0.375 e. The quantitative estimate of drug-likeness (QED) is 0.794. The summed E-state index contributed by atoms with van der Waals surface area (Å²) in [7, 11) is 0. The Kier molecular flexibility index (Phi) is 4.83. The molecule has 0 bridgehead atoms. The van der Waals surface area contributed by atoms with Gasteiger partial charge in [0.1, 0.15) is 0 Å². The summed E-state index contributed by atoms with van der Waals surface area (Å²) >= 11 is 0. The third-order valence-corrected chi connectivity index (χ3v) is 4.08. The van der Waals surface area contributed by atoms with Gasteiger partial charge in [-0.2, -0.15) is 0 Å². The monoisotopic (exact) mass is 240 g/mol. The average Bonchev–Trinajstić information content (AvgIpc) is 2.75. The largest absolute Gasteiger partial charge is 0.375 e. The van der Waals surface area contributed by atoms with Crippen LogP contribution >= 0.6 is 0 Å². The van der Waals surface area contributed by atoms with Gasteiger partial charge in [0.25, 0.3) is 0 Å². The molecule has 2 fully saturated rings. The fraction of sp³-hybridized carbons (Fsp3) is 1.00. The van der Waals surface area contributed by atoms with Crippen LogP contribution in [0.3, 0.4) is 0 Å². The van der Waals surface area contributed by atoms with E-state index in [1.54, 1.807) is 0 Å². The average molecular weight is 240 g/mol. The summed E-state index contributed by atoms with van der Waals surface area (Å²) < 4.78 is 5.86. The van der Waals surface area contributed by atoms with Crippen LogP contribution in [0.2, 0.25) is 0 Å². The molecule has 2 aliphatic rings. The van der Waals surface area contributed by atoms with Crippen molar-refractivity contribution in [1.82, 2.24) is 10.2 Å². The molecule has 1 saturated heterocycles. The van der Waals surface area contributed by atoms with E-state index in [4.69, 9.17) is 4.74 Å². The maximum atomic E-state index is 5.86. The molecule has 1 aliphatic carbocycles. The molecule has 0 radical (unpaired) electrons. The van der Waals surface area contributed by atoms with Crippen LogP contribution in [0.25, 0.3) is 0 Å². The van der Waals surface area contributed by atoms with Crippen molar-refractivity contribution < 1.29 is 4.74 Å². The molecule has 1 heterocycles. The number of ether oxygens (including phenoxy) is 1. The molecule has 3 atom stereocenters. The summed E-state index contributed by atoms with van der Waals surface area (Å²) in [4.78, 5) is 2.68. The maximum Gasteiger partial charge on any atom is 0.0731 e. The summed E-state index contributed by atoms with van der Waals surface area (Å²) in [6, 6.07) is 1.34. The number of fused-ring (bicyclic) bond motifs is 1. The first kappa shape index (κ1) is 13.3. The molecule has 3 heteroatoms. The van der Waals surface area contributed by atoms with Gasteiger partial charge in [-0.15, -0.1) is 0 Å². The summed E-state index contributed by atoms with van der Waals surface area (Å²) in [6.07, 6.45) is 4.47. The second kappa shape index (κ2) is 6.17. The number of hydrogen-bond acceptors (Lipinski definition) is 3. The predicted octanol–water partition coefficient (Wildman–Crippen LogP) is 1.87. The molecular weight excluding hydrogens is 212 g/mol. The van der Waals surface area contributed by atoms with Gasteiger partial charge in [-0.05, 0) is 38.6 Å². The fourth-order valence-corrected chi connectivity index (χ4v) is 3.20. The van der Waals surface area contributed by atoms with Crippen molar-refractivity contribution in [2.75, 3.05) is 26.2 Å². The minimum absolute atomic E-state index is 0.524. The fourth-order valence-electron chi connectivity index (χ4n) is 3.20. The zero-order valence-corrected chi connectivity index (χ0v) is 11.6. The van der Waals surface area contributed by atoms with Crippen molar-refractivity contribution in [3.05, 3.63) is 0 Å². The Morgan fingerprint density at radius 3 is 2.82 bits per heavy atom. The van der Waals surface area contributed by atoms with Crippen LogP contribution < -0.4 is 5.32 Å². The van der Waals surface area contributed by atoms with Crippen LogP contribution in [0.15, 0.2) is 0 Å². The van der Waals surface area contributed by atoms with Crippen LogP contribution in [0.4, 0.5) is 0 Å². The minimum atomic E-state index is 0.524. The lowest BCUT2D eigenvalue weighted by molar-refractivity contribution is -0.0687. The molecule has 0 amide bonds. The molecule has 0 spiro atoms. The van der Waals surface area contributed by atoms with Crippen molar-refractivity contribution in [3.63, 3.8) is 0 Å². The molecule has 3 nitrogen and oxygen atoms in total.